The van der Waals surface area contributed by atoms with Gasteiger partial charge in [-0.1, -0.05) is 143 Å². The topological polar surface area (TPSA) is 43.4 Å². The van der Waals surface area contributed by atoms with Crippen molar-refractivity contribution in [2.24, 2.45) is 0 Å². The Bertz CT molecular complexity index is 1580. The summed E-state index contributed by atoms with van der Waals surface area (Å²) in [5.74, 6) is -0.164. The number of halogens is 3. The van der Waals surface area contributed by atoms with Crippen molar-refractivity contribution in [1.82, 2.24) is 0 Å². The molecular formula is C32H33F2IO3S. The standard InChI is InChI=1S/C32H33F2IO3S/c1-29(2,3)23-14-16-25(17-15-23)31(35,28-13-9-11-22-10-7-8-12-27(22)28)32(33,34)39(36,37)38-26-20-18-24(19-21-26)30(4,5)6/h7-21H,1-6H3. The normalized spacial score (nSPS) is 14.7. The fourth-order valence-electron chi connectivity index (χ4n) is 4.57. The summed E-state index contributed by atoms with van der Waals surface area (Å²) in [7, 11) is -5.46. The molecule has 39 heavy (non-hydrogen) atoms. The van der Waals surface area contributed by atoms with Crippen molar-refractivity contribution < 1.29 is 21.4 Å². The van der Waals surface area contributed by atoms with E-state index in [1.807, 2.05) is 59.7 Å². The van der Waals surface area contributed by atoms with E-state index >= 15 is 8.78 Å². The van der Waals surface area contributed by atoms with Crippen LogP contribution in [-0.2, 0) is 24.4 Å². The first kappa shape index (κ1) is 29.5. The van der Waals surface area contributed by atoms with Gasteiger partial charge in [0.1, 0.15) is 5.75 Å². The van der Waals surface area contributed by atoms with Crippen LogP contribution in [0.25, 0.3) is 10.8 Å². The van der Waals surface area contributed by atoms with Crippen LogP contribution >= 0.6 is 22.6 Å². The van der Waals surface area contributed by atoms with E-state index in [9.17, 15) is 8.42 Å². The van der Waals surface area contributed by atoms with Crippen LogP contribution in [-0.4, -0.2) is 13.7 Å². The molecule has 0 aliphatic heterocycles. The molecule has 0 saturated heterocycles. The largest absolute Gasteiger partial charge is 0.402 e. The highest BCUT2D eigenvalue weighted by Gasteiger charge is 2.65. The van der Waals surface area contributed by atoms with E-state index in [0.29, 0.717) is 5.39 Å². The van der Waals surface area contributed by atoms with Crippen LogP contribution in [0.1, 0.15) is 63.8 Å². The predicted molar refractivity (Wildman–Crippen MR) is 164 cm³/mol. The third-order valence-corrected chi connectivity index (χ3v) is 10.5. The van der Waals surface area contributed by atoms with E-state index in [-0.39, 0.29) is 27.7 Å². The number of fused-ring (bicyclic) bond motifs is 1. The van der Waals surface area contributed by atoms with Crippen molar-refractivity contribution in [3.05, 3.63) is 113 Å². The van der Waals surface area contributed by atoms with Crippen molar-refractivity contribution in [3.8, 4) is 5.75 Å². The summed E-state index contributed by atoms with van der Waals surface area (Å²) in [5, 5.41) is -3.08. The molecule has 0 N–H and O–H groups in total. The van der Waals surface area contributed by atoms with E-state index < -0.39 is 18.8 Å². The number of rotatable bonds is 6. The lowest BCUT2D eigenvalue weighted by Gasteiger charge is -2.36. The van der Waals surface area contributed by atoms with Crippen LogP contribution in [0.15, 0.2) is 91.0 Å². The third kappa shape index (κ3) is 5.44. The molecule has 4 aromatic carbocycles. The SMILES string of the molecule is CC(C)(C)c1ccc(OS(=O)(=O)C(F)(F)C(I)(c2ccc(C(C)(C)C)cc2)c2cccc3ccccc23)cc1. The minimum atomic E-state index is -5.46. The van der Waals surface area contributed by atoms with Gasteiger partial charge < -0.3 is 4.18 Å². The van der Waals surface area contributed by atoms with E-state index in [1.165, 1.54) is 12.1 Å². The summed E-state index contributed by atoms with van der Waals surface area (Å²) in [6, 6.07) is 25.1. The maximum absolute atomic E-state index is 16.7. The van der Waals surface area contributed by atoms with Crippen LogP contribution in [0.2, 0.25) is 0 Å². The summed E-state index contributed by atoms with van der Waals surface area (Å²) in [6.07, 6.45) is 0. The fourth-order valence-corrected chi connectivity index (χ4v) is 7.25. The minimum Gasteiger partial charge on any atom is -0.378 e. The Kier molecular flexibility index (Phi) is 7.66. The molecule has 0 fully saturated rings. The molecule has 1 unspecified atom stereocenters. The second-order valence-electron chi connectivity index (χ2n) is 11.8. The van der Waals surface area contributed by atoms with E-state index in [2.05, 4.69) is 0 Å². The van der Waals surface area contributed by atoms with Gasteiger partial charge in [-0.05, 0) is 56.0 Å². The Morgan fingerprint density at radius 3 is 1.64 bits per heavy atom. The van der Waals surface area contributed by atoms with Crippen molar-refractivity contribution in [3.63, 3.8) is 0 Å². The van der Waals surface area contributed by atoms with E-state index in [0.717, 1.165) is 16.5 Å². The van der Waals surface area contributed by atoms with Gasteiger partial charge >= 0.3 is 15.4 Å². The lowest BCUT2D eigenvalue weighted by molar-refractivity contribution is 0.0580. The number of hydrogen-bond donors (Lipinski definition) is 0. The van der Waals surface area contributed by atoms with Gasteiger partial charge in [-0.25, -0.2) is 0 Å². The highest BCUT2D eigenvalue weighted by molar-refractivity contribution is 14.1. The summed E-state index contributed by atoms with van der Waals surface area (Å²) >= 11 is 1.60. The molecule has 1 atom stereocenters. The van der Waals surface area contributed by atoms with Gasteiger partial charge in [0.2, 0.25) is 0 Å². The highest BCUT2D eigenvalue weighted by atomic mass is 127. The zero-order chi connectivity index (χ0) is 28.9. The lowest BCUT2D eigenvalue weighted by Crippen LogP contribution is -2.49. The highest BCUT2D eigenvalue weighted by Crippen LogP contribution is 2.55. The molecule has 4 aromatic rings. The van der Waals surface area contributed by atoms with Crippen LogP contribution < -0.4 is 4.18 Å². The van der Waals surface area contributed by atoms with Gasteiger partial charge in [0, 0.05) is 0 Å². The first-order valence-electron chi connectivity index (χ1n) is 12.7. The van der Waals surface area contributed by atoms with Gasteiger partial charge in [-0.3, -0.25) is 0 Å². The number of alkyl halides is 3. The Balaban J connectivity index is 1.90. The molecular weight excluding hydrogens is 629 g/mol. The Labute approximate surface area is 243 Å². The second-order valence-corrected chi connectivity index (χ2v) is 15.0. The van der Waals surface area contributed by atoms with Crippen molar-refractivity contribution in [2.45, 2.75) is 61.0 Å². The summed E-state index contributed by atoms with van der Waals surface area (Å²) < 4.78 is 63.2. The molecule has 4 rings (SSSR count). The predicted octanol–water partition coefficient (Wildman–Crippen LogP) is 9.12. The molecule has 0 aliphatic rings. The average molecular weight is 663 g/mol. The third-order valence-electron chi connectivity index (χ3n) is 6.95. The number of benzene rings is 4. The first-order chi connectivity index (χ1) is 18.0. The van der Waals surface area contributed by atoms with Gasteiger partial charge in [-0.15, -0.1) is 0 Å². The molecule has 7 heteroatoms. The van der Waals surface area contributed by atoms with Crippen molar-refractivity contribution in [1.29, 1.82) is 0 Å². The second kappa shape index (κ2) is 10.1. The van der Waals surface area contributed by atoms with Crippen molar-refractivity contribution in [2.75, 3.05) is 0 Å². The molecule has 3 nitrogen and oxygen atoms in total. The maximum atomic E-state index is 16.7. The van der Waals surface area contributed by atoms with Gasteiger partial charge in [-0.2, -0.15) is 17.2 Å². The molecule has 0 saturated carbocycles. The summed E-state index contributed by atoms with van der Waals surface area (Å²) in [5.41, 5.74) is 1.83. The van der Waals surface area contributed by atoms with Crippen molar-refractivity contribution >= 4 is 43.5 Å². The maximum Gasteiger partial charge on any atom is 0.402 e. The molecule has 0 heterocycles. The fraction of sp³-hybridized carbons (Fsp3) is 0.312. The molecule has 0 aromatic heterocycles. The lowest BCUT2D eigenvalue weighted by atomic mass is 9.83. The Hall–Kier alpha value is -2.52. The first-order valence-corrected chi connectivity index (χ1v) is 15.2. The molecule has 0 amide bonds. The van der Waals surface area contributed by atoms with E-state index in [1.54, 1.807) is 83.3 Å². The van der Waals surface area contributed by atoms with Crippen LogP contribution in [0.3, 0.4) is 0 Å². The zero-order valence-corrected chi connectivity index (χ0v) is 25.9. The zero-order valence-electron chi connectivity index (χ0n) is 22.9. The minimum absolute atomic E-state index is 0.160. The summed E-state index contributed by atoms with van der Waals surface area (Å²) in [6.45, 7) is 12.1. The molecule has 0 spiro atoms. The van der Waals surface area contributed by atoms with Gasteiger partial charge in [0.05, 0.1) is 0 Å². The van der Waals surface area contributed by atoms with Crippen LogP contribution in [0.5, 0.6) is 5.75 Å². The molecule has 0 aliphatic carbocycles. The molecule has 206 valence electrons. The molecule has 0 bridgehead atoms. The smallest absolute Gasteiger partial charge is 0.378 e. The Morgan fingerprint density at radius 2 is 1.10 bits per heavy atom. The monoisotopic (exact) mass is 662 g/mol. The Morgan fingerprint density at radius 1 is 0.641 bits per heavy atom. The van der Waals surface area contributed by atoms with Gasteiger partial charge in [0.25, 0.3) is 0 Å². The van der Waals surface area contributed by atoms with Crippen LogP contribution in [0, 0.1) is 0 Å². The van der Waals surface area contributed by atoms with Gasteiger partial charge in [0.15, 0.2) is 3.42 Å². The number of hydrogen-bond acceptors (Lipinski definition) is 3. The average Bonchev–Trinajstić information content (AvgIpc) is 2.87. The quantitative estimate of drug-likeness (QED) is 0.118. The van der Waals surface area contributed by atoms with Crippen LogP contribution in [0.4, 0.5) is 8.78 Å². The van der Waals surface area contributed by atoms with E-state index in [4.69, 9.17) is 4.18 Å². The summed E-state index contributed by atoms with van der Waals surface area (Å²) in [4.78, 5) is 0. The molecule has 0 radical (unpaired) electrons.